The Morgan fingerprint density at radius 3 is 2.89 bits per heavy atom. The molecule has 0 aliphatic carbocycles. The van der Waals surface area contributed by atoms with Gasteiger partial charge in [0.25, 0.3) is 5.91 Å². The number of fused-ring (bicyclic) bond motifs is 1. The third kappa shape index (κ3) is 2.70. The number of pyridine rings is 1. The molecule has 1 heterocycles. The number of carbonyl (C=O) groups is 1. The van der Waals surface area contributed by atoms with E-state index in [1.165, 1.54) is 0 Å². The Hall–Kier alpha value is -1.42. The number of alkyl halides is 1. The monoisotopic (exact) mass is 306 g/mol. The predicted molar refractivity (Wildman–Crippen MR) is 77.1 cm³/mol. The van der Waals surface area contributed by atoms with Crippen LogP contribution in [0.3, 0.4) is 0 Å². The van der Waals surface area contributed by atoms with Crippen molar-refractivity contribution in [1.82, 2.24) is 10.3 Å². The van der Waals surface area contributed by atoms with Crippen LogP contribution in [-0.4, -0.2) is 22.3 Å². The number of aromatic nitrogens is 1. The molecule has 0 aliphatic heterocycles. The Morgan fingerprint density at radius 2 is 2.17 bits per heavy atom. The highest BCUT2D eigenvalue weighted by molar-refractivity contribution is 9.09. The Labute approximate surface area is 115 Å². The van der Waals surface area contributed by atoms with E-state index in [0.717, 1.165) is 22.5 Å². The first kappa shape index (κ1) is 13.0. The van der Waals surface area contributed by atoms with E-state index in [9.17, 15) is 4.79 Å². The molecule has 0 fully saturated rings. The van der Waals surface area contributed by atoms with Crippen molar-refractivity contribution in [3.05, 3.63) is 42.2 Å². The van der Waals surface area contributed by atoms with Crippen LogP contribution in [0.25, 0.3) is 10.8 Å². The van der Waals surface area contributed by atoms with Crippen LogP contribution in [0.1, 0.15) is 23.8 Å². The van der Waals surface area contributed by atoms with Crippen molar-refractivity contribution >= 4 is 32.6 Å². The van der Waals surface area contributed by atoms with Crippen LogP contribution < -0.4 is 5.32 Å². The molecule has 3 nitrogen and oxygen atoms in total. The van der Waals surface area contributed by atoms with Crippen molar-refractivity contribution in [2.24, 2.45) is 0 Å². The fourth-order valence-electron chi connectivity index (χ4n) is 1.80. The second kappa shape index (κ2) is 5.96. The van der Waals surface area contributed by atoms with Crippen molar-refractivity contribution in [3.63, 3.8) is 0 Å². The average Bonchev–Trinajstić information content (AvgIpc) is 2.43. The molecule has 1 N–H and O–H groups in total. The number of amides is 1. The normalized spacial score (nSPS) is 12.3. The summed E-state index contributed by atoms with van der Waals surface area (Å²) < 4.78 is 0. The number of carbonyl (C=O) groups excluding carboxylic acids is 1. The van der Waals surface area contributed by atoms with Gasteiger partial charge in [-0.3, -0.25) is 9.78 Å². The minimum atomic E-state index is -0.113. The molecule has 94 valence electrons. The molecular formula is C14H15BrN2O. The fourth-order valence-corrected chi connectivity index (χ4v) is 2.42. The van der Waals surface area contributed by atoms with Crippen LogP contribution in [0.15, 0.2) is 36.5 Å². The lowest BCUT2D eigenvalue weighted by molar-refractivity contribution is 0.0937. The molecule has 4 heteroatoms. The number of nitrogens with zero attached hydrogens (tertiary/aromatic N) is 1. The Balaban J connectivity index is 2.33. The standard InChI is InChI=1S/C14H15BrN2O/c1-2-11(9-15)17-14(18)13-12-6-4-3-5-10(12)7-8-16-13/h3-8,11H,2,9H2,1H3,(H,17,18). The van der Waals surface area contributed by atoms with Crippen molar-refractivity contribution in [2.45, 2.75) is 19.4 Å². The summed E-state index contributed by atoms with van der Waals surface area (Å²) in [7, 11) is 0. The highest BCUT2D eigenvalue weighted by Crippen LogP contribution is 2.16. The summed E-state index contributed by atoms with van der Waals surface area (Å²) in [5.74, 6) is -0.113. The molecule has 1 aromatic heterocycles. The van der Waals surface area contributed by atoms with Gasteiger partial charge >= 0.3 is 0 Å². The van der Waals surface area contributed by atoms with Gasteiger partial charge in [0.15, 0.2) is 0 Å². The van der Waals surface area contributed by atoms with E-state index in [1.807, 2.05) is 37.3 Å². The maximum absolute atomic E-state index is 12.2. The summed E-state index contributed by atoms with van der Waals surface area (Å²) in [5, 5.41) is 5.65. The SMILES string of the molecule is CCC(CBr)NC(=O)c1nccc2ccccc12. The highest BCUT2D eigenvalue weighted by atomic mass is 79.9. The molecule has 0 saturated carbocycles. The highest BCUT2D eigenvalue weighted by Gasteiger charge is 2.14. The second-order valence-electron chi connectivity index (χ2n) is 4.11. The number of nitrogens with one attached hydrogen (secondary N) is 1. The Morgan fingerprint density at radius 1 is 1.39 bits per heavy atom. The van der Waals surface area contributed by atoms with Crippen molar-refractivity contribution in [1.29, 1.82) is 0 Å². The number of hydrogen-bond donors (Lipinski definition) is 1. The third-order valence-electron chi connectivity index (χ3n) is 2.90. The van der Waals surface area contributed by atoms with E-state index in [1.54, 1.807) is 6.20 Å². The Bertz CT molecular complexity index is 547. The summed E-state index contributed by atoms with van der Waals surface area (Å²) in [6.07, 6.45) is 2.56. The largest absolute Gasteiger partial charge is 0.347 e. The number of halogens is 1. The lowest BCUT2D eigenvalue weighted by atomic mass is 10.1. The fraction of sp³-hybridized carbons (Fsp3) is 0.286. The van der Waals surface area contributed by atoms with Gasteiger partial charge in [-0.2, -0.15) is 0 Å². The number of benzene rings is 1. The van der Waals surface area contributed by atoms with Gasteiger partial charge in [-0.1, -0.05) is 47.1 Å². The summed E-state index contributed by atoms with van der Waals surface area (Å²) in [4.78, 5) is 16.4. The molecule has 1 atom stereocenters. The molecular weight excluding hydrogens is 292 g/mol. The van der Waals surface area contributed by atoms with Gasteiger partial charge in [-0.25, -0.2) is 0 Å². The number of rotatable bonds is 4. The molecule has 1 unspecified atom stereocenters. The van der Waals surface area contributed by atoms with E-state index in [0.29, 0.717) is 5.69 Å². The summed E-state index contributed by atoms with van der Waals surface area (Å²) in [6, 6.07) is 9.83. The second-order valence-corrected chi connectivity index (χ2v) is 4.76. The van der Waals surface area contributed by atoms with Gasteiger partial charge in [0, 0.05) is 23.0 Å². The predicted octanol–water partition coefficient (Wildman–Crippen LogP) is 3.14. The maximum atomic E-state index is 12.2. The zero-order valence-electron chi connectivity index (χ0n) is 10.2. The van der Waals surface area contributed by atoms with Crippen LogP contribution in [0.5, 0.6) is 0 Å². The summed E-state index contributed by atoms with van der Waals surface area (Å²) >= 11 is 3.39. The zero-order valence-corrected chi connectivity index (χ0v) is 11.8. The van der Waals surface area contributed by atoms with Gasteiger partial charge in [0.2, 0.25) is 0 Å². The van der Waals surface area contributed by atoms with Crippen molar-refractivity contribution in [3.8, 4) is 0 Å². The van der Waals surface area contributed by atoms with Gasteiger partial charge in [-0.05, 0) is 17.9 Å². The van der Waals surface area contributed by atoms with Gasteiger partial charge in [0.05, 0.1) is 0 Å². The Kier molecular flexibility index (Phi) is 4.31. The van der Waals surface area contributed by atoms with Crippen molar-refractivity contribution < 1.29 is 4.79 Å². The van der Waals surface area contributed by atoms with Crippen molar-refractivity contribution in [2.75, 3.05) is 5.33 Å². The van der Waals surface area contributed by atoms with E-state index < -0.39 is 0 Å². The molecule has 2 aromatic rings. The van der Waals surface area contributed by atoms with Gasteiger partial charge in [0.1, 0.15) is 5.69 Å². The first-order chi connectivity index (χ1) is 8.76. The lowest BCUT2D eigenvalue weighted by Gasteiger charge is -2.14. The minimum Gasteiger partial charge on any atom is -0.347 e. The van der Waals surface area contributed by atoms with Crippen LogP contribution >= 0.6 is 15.9 Å². The molecule has 0 bridgehead atoms. The maximum Gasteiger partial charge on any atom is 0.270 e. The first-order valence-electron chi connectivity index (χ1n) is 5.96. The van der Waals surface area contributed by atoms with Crippen LogP contribution in [0, 0.1) is 0 Å². The summed E-state index contributed by atoms with van der Waals surface area (Å²) in [5.41, 5.74) is 0.493. The molecule has 0 aliphatic rings. The first-order valence-corrected chi connectivity index (χ1v) is 7.09. The third-order valence-corrected chi connectivity index (χ3v) is 3.68. The van der Waals surface area contributed by atoms with Crippen LogP contribution in [0.2, 0.25) is 0 Å². The lowest BCUT2D eigenvalue weighted by Crippen LogP contribution is -2.36. The topological polar surface area (TPSA) is 42.0 Å². The van der Waals surface area contributed by atoms with E-state index >= 15 is 0 Å². The molecule has 0 spiro atoms. The van der Waals surface area contributed by atoms with E-state index in [2.05, 4.69) is 26.2 Å². The summed E-state index contributed by atoms with van der Waals surface area (Å²) in [6.45, 7) is 2.04. The molecule has 0 radical (unpaired) electrons. The molecule has 18 heavy (non-hydrogen) atoms. The number of hydrogen-bond acceptors (Lipinski definition) is 2. The van der Waals surface area contributed by atoms with Crippen LogP contribution in [-0.2, 0) is 0 Å². The molecule has 0 saturated heterocycles. The quantitative estimate of drug-likeness (QED) is 0.882. The van der Waals surface area contributed by atoms with E-state index in [4.69, 9.17) is 0 Å². The molecule has 1 amide bonds. The molecule has 1 aromatic carbocycles. The van der Waals surface area contributed by atoms with E-state index in [-0.39, 0.29) is 11.9 Å². The molecule has 2 rings (SSSR count). The van der Waals surface area contributed by atoms with Crippen LogP contribution in [0.4, 0.5) is 0 Å². The smallest absolute Gasteiger partial charge is 0.270 e. The average molecular weight is 307 g/mol. The van der Waals surface area contributed by atoms with Gasteiger partial charge in [-0.15, -0.1) is 0 Å². The van der Waals surface area contributed by atoms with Gasteiger partial charge < -0.3 is 5.32 Å². The minimum absolute atomic E-state index is 0.113. The zero-order chi connectivity index (χ0) is 13.0.